The lowest BCUT2D eigenvalue weighted by Crippen LogP contribution is -2.60. The predicted molar refractivity (Wildman–Crippen MR) is 108 cm³/mol. The summed E-state index contributed by atoms with van der Waals surface area (Å²) in [6.07, 6.45) is -9.48. The highest BCUT2D eigenvalue weighted by Crippen LogP contribution is 2.28. The Balaban J connectivity index is 1.38. The second kappa shape index (κ2) is 9.62. The van der Waals surface area contributed by atoms with E-state index in [1.807, 2.05) is 0 Å². The number of hydrogen-bond acceptors (Lipinski definition) is 12. The topological polar surface area (TPSA) is 189 Å². The van der Waals surface area contributed by atoms with Crippen LogP contribution in [-0.4, -0.2) is 106 Å². The number of aliphatic hydroxyl groups excluding tert-OH is 5. The first-order valence-electron chi connectivity index (χ1n) is 10.3. The molecule has 0 spiro atoms. The van der Waals surface area contributed by atoms with E-state index in [1.54, 1.807) is 18.2 Å². The van der Waals surface area contributed by atoms with Crippen molar-refractivity contribution in [2.45, 2.75) is 48.5 Å². The Kier molecular flexibility index (Phi) is 7.00. The number of fused-ring (bicyclic) bond motifs is 1. The quantitative estimate of drug-likeness (QED) is 0.233. The van der Waals surface area contributed by atoms with Crippen molar-refractivity contribution in [2.24, 2.45) is 0 Å². The first-order chi connectivity index (χ1) is 15.7. The van der Waals surface area contributed by atoms with Crippen molar-refractivity contribution in [3.05, 3.63) is 40.8 Å². The van der Waals surface area contributed by atoms with Crippen LogP contribution in [0.2, 0.25) is 0 Å². The van der Waals surface area contributed by atoms with Gasteiger partial charge in [0, 0.05) is 17.5 Å². The summed E-state index contributed by atoms with van der Waals surface area (Å²) in [7, 11) is 0. The largest absolute Gasteiger partial charge is 0.462 e. The second-order valence-corrected chi connectivity index (χ2v) is 8.18. The number of benzene rings is 1. The molecule has 1 aromatic heterocycles. The highest BCUT2D eigenvalue weighted by atomic mass is 16.7. The van der Waals surface area contributed by atoms with Crippen molar-refractivity contribution in [2.75, 3.05) is 26.4 Å². The average molecular weight is 470 g/mol. The third-order valence-corrected chi connectivity index (χ3v) is 5.80. The van der Waals surface area contributed by atoms with Gasteiger partial charge in [-0.25, -0.2) is 4.79 Å². The van der Waals surface area contributed by atoms with E-state index in [0.29, 0.717) is 5.39 Å². The maximum atomic E-state index is 11.4. The molecule has 2 aliphatic rings. The normalized spacial score (nSPS) is 36.8. The van der Waals surface area contributed by atoms with Crippen molar-refractivity contribution >= 4 is 11.0 Å². The minimum absolute atomic E-state index is 0.190. The van der Waals surface area contributed by atoms with Crippen LogP contribution in [0.25, 0.3) is 11.0 Å². The summed E-state index contributed by atoms with van der Waals surface area (Å²) in [5, 5.41) is 60.7. The van der Waals surface area contributed by atoms with Crippen LogP contribution in [0.3, 0.4) is 0 Å². The molecule has 1 aromatic carbocycles. The number of hydrogen-bond donors (Lipinski definition) is 6. The zero-order chi connectivity index (χ0) is 23.8. The molecule has 8 atom stereocenters. The SMILES string of the molecule is O=c1ccc2ccc(OC3OC(COCC4OCC(O)(CO)C4O)C(O)C(O)C3O)cc2o1. The Bertz CT molecular complexity index is 1010. The number of aliphatic hydroxyl groups is 6. The van der Waals surface area contributed by atoms with E-state index in [9.17, 15) is 35.4 Å². The van der Waals surface area contributed by atoms with E-state index in [2.05, 4.69) is 0 Å². The summed E-state index contributed by atoms with van der Waals surface area (Å²) in [6.45, 7) is -1.41. The van der Waals surface area contributed by atoms with Gasteiger partial charge in [0.15, 0.2) is 0 Å². The highest BCUT2D eigenvalue weighted by molar-refractivity contribution is 5.77. The van der Waals surface area contributed by atoms with Gasteiger partial charge in [0.1, 0.15) is 53.6 Å². The molecule has 0 bridgehead atoms. The van der Waals surface area contributed by atoms with Crippen molar-refractivity contribution in [3.63, 3.8) is 0 Å². The maximum Gasteiger partial charge on any atom is 0.336 e. The van der Waals surface area contributed by atoms with Crippen LogP contribution in [-0.2, 0) is 14.2 Å². The Labute approximate surface area is 187 Å². The summed E-state index contributed by atoms with van der Waals surface area (Å²) in [5.74, 6) is 0.190. The number of ether oxygens (including phenoxy) is 4. The molecule has 6 N–H and O–H groups in total. The lowest BCUT2D eigenvalue weighted by atomic mass is 9.98. The van der Waals surface area contributed by atoms with E-state index in [4.69, 9.17) is 23.4 Å². The van der Waals surface area contributed by atoms with E-state index >= 15 is 0 Å². The Hall–Kier alpha value is -2.13. The van der Waals surface area contributed by atoms with Gasteiger partial charge in [-0.1, -0.05) is 0 Å². The van der Waals surface area contributed by atoms with Crippen LogP contribution in [0.15, 0.2) is 39.5 Å². The Morgan fingerprint density at radius 1 is 1.00 bits per heavy atom. The van der Waals surface area contributed by atoms with E-state index in [-0.39, 0.29) is 31.2 Å². The molecule has 12 nitrogen and oxygen atoms in total. The Morgan fingerprint density at radius 3 is 2.45 bits per heavy atom. The lowest BCUT2D eigenvalue weighted by molar-refractivity contribution is -0.280. The summed E-state index contributed by atoms with van der Waals surface area (Å²) < 4.78 is 27.0. The fourth-order valence-corrected chi connectivity index (χ4v) is 3.75. The molecule has 2 fully saturated rings. The smallest absolute Gasteiger partial charge is 0.336 e. The predicted octanol–water partition coefficient (Wildman–Crippen LogP) is -2.52. The van der Waals surface area contributed by atoms with Crippen LogP contribution in [0.4, 0.5) is 0 Å². The molecule has 0 aliphatic carbocycles. The summed E-state index contributed by atoms with van der Waals surface area (Å²) in [5.41, 5.74) is -2.07. The monoisotopic (exact) mass is 470 g/mol. The fraction of sp³-hybridized carbons (Fsp3) is 0.571. The molecule has 0 radical (unpaired) electrons. The molecule has 0 amide bonds. The molecule has 8 unspecified atom stereocenters. The molecule has 12 heteroatoms. The average Bonchev–Trinajstić information content (AvgIpc) is 3.09. The number of rotatable bonds is 7. The molecule has 3 heterocycles. The van der Waals surface area contributed by atoms with E-state index < -0.39 is 60.7 Å². The van der Waals surface area contributed by atoms with Crippen molar-refractivity contribution in [3.8, 4) is 5.75 Å². The van der Waals surface area contributed by atoms with Gasteiger partial charge in [-0.3, -0.25) is 0 Å². The molecule has 182 valence electrons. The van der Waals surface area contributed by atoms with Crippen LogP contribution in [0.1, 0.15) is 0 Å². The maximum absolute atomic E-state index is 11.4. The van der Waals surface area contributed by atoms with Gasteiger partial charge in [0.25, 0.3) is 0 Å². The molecular weight excluding hydrogens is 444 g/mol. The zero-order valence-electron chi connectivity index (χ0n) is 17.4. The van der Waals surface area contributed by atoms with Gasteiger partial charge in [-0.05, 0) is 18.2 Å². The molecule has 2 saturated heterocycles. The standard InChI is InChI=1S/C21H26O12/c22-8-21(28)9-30-14(19(21)27)7-29-6-13-16(24)17(25)18(26)20(33-13)31-11-3-1-10-2-4-15(23)32-12(10)5-11/h1-5,13-14,16-20,22,24-28H,6-9H2. The van der Waals surface area contributed by atoms with Gasteiger partial charge < -0.3 is 54.0 Å². The third-order valence-electron chi connectivity index (χ3n) is 5.80. The third kappa shape index (κ3) is 4.89. The second-order valence-electron chi connectivity index (χ2n) is 8.18. The summed E-state index contributed by atoms with van der Waals surface area (Å²) in [4.78, 5) is 11.4. The minimum atomic E-state index is -1.78. The van der Waals surface area contributed by atoms with Crippen LogP contribution < -0.4 is 10.4 Å². The molecular formula is C21H26O12. The lowest BCUT2D eigenvalue weighted by Gasteiger charge is -2.40. The van der Waals surface area contributed by atoms with Gasteiger partial charge >= 0.3 is 5.63 Å². The first-order valence-corrected chi connectivity index (χ1v) is 10.3. The fourth-order valence-electron chi connectivity index (χ4n) is 3.75. The molecule has 2 aliphatic heterocycles. The van der Waals surface area contributed by atoms with E-state index in [1.165, 1.54) is 12.1 Å². The zero-order valence-corrected chi connectivity index (χ0v) is 17.4. The molecule has 4 rings (SSSR count). The van der Waals surface area contributed by atoms with Crippen molar-refractivity contribution < 1.29 is 54.0 Å². The minimum Gasteiger partial charge on any atom is -0.462 e. The van der Waals surface area contributed by atoms with Gasteiger partial charge in [0.05, 0.1) is 26.4 Å². The van der Waals surface area contributed by atoms with Gasteiger partial charge in [0.2, 0.25) is 6.29 Å². The van der Waals surface area contributed by atoms with Crippen LogP contribution in [0, 0.1) is 0 Å². The van der Waals surface area contributed by atoms with Gasteiger partial charge in [-0.15, -0.1) is 0 Å². The summed E-state index contributed by atoms with van der Waals surface area (Å²) >= 11 is 0. The first kappa shape index (κ1) is 24.0. The highest BCUT2D eigenvalue weighted by Gasteiger charge is 2.48. The molecule has 33 heavy (non-hydrogen) atoms. The van der Waals surface area contributed by atoms with Crippen LogP contribution >= 0.6 is 0 Å². The summed E-state index contributed by atoms with van der Waals surface area (Å²) in [6, 6.07) is 7.48. The van der Waals surface area contributed by atoms with E-state index in [0.717, 1.165) is 0 Å². The Morgan fingerprint density at radius 2 is 1.73 bits per heavy atom. The van der Waals surface area contributed by atoms with Crippen molar-refractivity contribution in [1.82, 2.24) is 0 Å². The van der Waals surface area contributed by atoms with Crippen molar-refractivity contribution in [1.29, 1.82) is 0 Å². The van der Waals surface area contributed by atoms with Gasteiger partial charge in [-0.2, -0.15) is 0 Å². The molecule has 0 saturated carbocycles. The molecule has 2 aromatic rings. The van der Waals surface area contributed by atoms with Crippen LogP contribution in [0.5, 0.6) is 5.75 Å².